The third-order valence-corrected chi connectivity index (χ3v) is 3.68. The number of halogens is 3. The fourth-order valence-corrected chi connectivity index (χ4v) is 2.82. The minimum absolute atomic E-state index is 0.370. The molecule has 2 aromatic carbocycles. The molecule has 1 unspecified atom stereocenters. The van der Waals surface area contributed by atoms with Gasteiger partial charge in [-0.3, -0.25) is 0 Å². The average Bonchev–Trinajstić information content (AvgIpc) is 2.46. The van der Waals surface area contributed by atoms with Gasteiger partial charge in [-0.1, -0.05) is 42.5 Å². The summed E-state index contributed by atoms with van der Waals surface area (Å²) in [6.07, 6.45) is -3.65. The van der Waals surface area contributed by atoms with Gasteiger partial charge in [-0.2, -0.15) is 13.2 Å². The fourth-order valence-electron chi connectivity index (χ4n) is 2.82. The Morgan fingerprint density at radius 1 is 0.900 bits per heavy atom. The Labute approximate surface area is 115 Å². The number of alkyl halides is 3. The standard InChI is InChI=1S/C16H14F3N/c17-16(18,19)15-14-9-5-4-6-12(14)10-11-20(15)13-7-2-1-3-8-13/h1-9,15H,10-11H2. The molecule has 0 fully saturated rings. The lowest BCUT2D eigenvalue weighted by molar-refractivity contribution is -0.151. The van der Waals surface area contributed by atoms with Gasteiger partial charge in [0, 0.05) is 12.2 Å². The van der Waals surface area contributed by atoms with Gasteiger partial charge in [-0.05, 0) is 29.7 Å². The Hall–Kier alpha value is -1.97. The first-order chi connectivity index (χ1) is 9.57. The molecule has 4 heteroatoms. The van der Waals surface area contributed by atoms with E-state index in [1.165, 1.54) is 4.90 Å². The number of benzene rings is 2. The minimum Gasteiger partial charge on any atom is -0.356 e. The number of hydrogen-bond donors (Lipinski definition) is 0. The third kappa shape index (κ3) is 2.26. The van der Waals surface area contributed by atoms with E-state index < -0.39 is 12.2 Å². The molecule has 104 valence electrons. The van der Waals surface area contributed by atoms with Gasteiger partial charge in [0.1, 0.15) is 0 Å². The summed E-state index contributed by atoms with van der Waals surface area (Å²) in [6, 6.07) is 14.1. The first-order valence-corrected chi connectivity index (χ1v) is 6.53. The van der Waals surface area contributed by atoms with Gasteiger partial charge in [0.05, 0.1) is 0 Å². The highest BCUT2D eigenvalue weighted by Gasteiger charge is 2.47. The summed E-state index contributed by atoms with van der Waals surface area (Å²) in [4.78, 5) is 1.45. The van der Waals surface area contributed by atoms with Crippen molar-refractivity contribution in [2.45, 2.75) is 18.6 Å². The molecular weight excluding hydrogens is 263 g/mol. The van der Waals surface area contributed by atoms with Crippen molar-refractivity contribution >= 4 is 5.69 Å². The molecule has 1 nitrogen and oxygen atoms in total. The Morgan fingerprint density at radius 2 is 1.55 bits per heavy atom. The van der Waals surface area contributed by atoms with Crippen LogP contribution in [-0.2, 0) is 6.42 Å². The second-order valence-electron chi connectivity index (χ2n) is 4.92. The van der Waals surface area contributed by atoms with Crippen molar-refractivity contribution in [3.63, 3.8) is 0 Å². The number of anilines is 1. The predicted octanol–water partition coefficient (Wildman–Crippen LogP) is 4.35. The average molecular weight is 277 g/mol. The summed E-state index contributed by atoms with van der Waals surface area (Å²) in [5.74, 6) is 0. The Bertz CT molecular complexity index is 592. The topological polar surface area (TPSA) is 3.24 Å². The normalized spacial score (nSPS) is 18.8. The van der Waals surface area contributed by atoms with E-state index in [-0.39, 0.29) is 0 Å². The predicted molar refractivity (Wildman–Crippen MR) is 72.7 cm³/mol. The van der Waals surface area contributed by atoms with Crippen molar-refractivity contribution < 1.29 is 13.2 Å². The van der Waals surface area contributed by atoms with Crippen molar-refractivity contribution in [2.75, 3.05) is 11.4 Å². The molecule has 0 aliphatic carbocycles. The second kappa shape index (κ2) is 4.85. The van der Waals surface area contributed by atoms with Gasteiger partial charge in [-0.25, -0.2) is 0 Å². The summed E-state index contributed by atoms with van der Waals surface area (Å²) in [5.41, 5.74) is 1.78. The first-order valence-electron chi connectivity index (χ1n) is 6.53. The van der Waals surface area contributed by atoms with Gasteiger partial charge < -0.3 is 4.90 Å². The van der Waals surface area contributed by atoms with E-state index in [0.717, 1.165) is 5.56 Å². The summed E-state index contributed by atoms with van der Waals surface area (Å²) in [6.45, 7) is 0.380. The fraction of sp³-hybridized carbons (Fsp3) is 0.250. The molecule has 2 aromatic rings. The summed E-state index contributed by atoms with van der Waals surface area (Å²) in [5, 5.41) is 0. The molecule has 1 aliphatic rings. The van der Waals surface area contributed by atoms with Gasteiger partial charge >= 0.3 is 6.18 Å². The Morgan fingerprint density at radius 3 is 2.25 bits per heavy atom. The Kier molecular flexibility index (Phi) is 3.16. The zero-order valence-electron chi connectivity index (χ0n) is 10.8. The van der Waals surface area contributed by atoms with Crippen molar-refractivity contribution in [3.05, 3.63) is 65.7 Å². The molecule has 0 saturated heterocycles. The molecule has 0 saturated carbocycles. The van der Waals surface area contributed by atoms with Crippen molar-refractivity contribution in [1.82, 2.24) is 0 Å². The van der Waals surface area contributed by atoms with E-state index in [0.29, 0.717) is 24.2 Å². The number of fused-ring (bicyclic) bond motifs is 1. The molecule has 1 heterocycles. The van der Waals surface area contributed by atoms with Crippen LogP contribution in [0.25, 0.3) is 0 Å². The zero-order chi connectivity index (χ0) is 14.2. The van der Waals surface area contributed by atoms with Crippen LogP contribution in [0.2, 0.25) is 0 Å². The highest BCUT2D eigenvalue weighted by Crippen LogP contribution is 2.43. The summed E-state index contributed by atoms with van der Waals surface area (Å²) < 4.78 is 40.5. The quantitative estimate of drug-likeness (QED) is 0.749. The van der Waals surface area contributed by atoms with Gasteiger partial charge in [-0.15, -0.1) is 0 Å². The van der Waals surface area contributed by atoms with Crippen LogP contribution < -0.4 is 4.90 Å². The van der Waals surface area contributed by atoms with Crippen molar-refractivity contribution in [2.24, 2.45) is 0 Å². The maximum Gasteiger partial charge on any atom is 0.413 e. The van der Waals surface area contributed by atoms with E-state index in [2.05, 4.69) is 0 Å². The van der Waals surface area contributed by atoms with Crippen LogP contribution in [-0.4, -0.2) is 12.7 Å². The van der Waals surface area contributed by atoms with Crippen LogP contribution in [0.4, 0.5) is 18.9 Å². The van der Waals surface area contributed by atoms with Crippen LogP contribution in [0.1, 0.15) is 17.2 Å². The molecule has 20 heavy (non-hydrogen) atoms. The van der Waals surface area contributed by atoms with E-state index in [4.69, 9.17) is 0 Å². The molecule has 1 atom stereocenters. The molecule has 3 rings (SSSR count). The monoisotopic (exact) mass is 277 g/mol. The maximum absolute atomic E-state index is 13.5. The van der Waals surface area contributed by atoms with Crippen molar-refractivity contribution in [1.29, 1.82) is 0 Å². The van der Waals surface area contributed by atoms with E-state index in [1.807, 2.05) is 6.07 Å². The largest absolute Gasteiger partial charge is 0.413 e. The molecule has 0 radical (unpaired) electrons. The molecular formula is C16H14F3N. The van der Waals surface area contributed by atoms with Crippen LogP contribution in [0.15, 0.2) is 54.6 Å². The molecule has 1 aliphatic heterocycles. The smallest absolute Gasteiger partial charge is 0.356 e. The van der Waals surface area contributed by atoms with Crippen LogP contribution in [0.5, 0.6) is 0 Å². The third-order valence-electron chi connectivity index (χ3n) is 3.68. The number of rotatable bonds is 1. The maximum atomic E-state index is 13.5. The molecule has 0 bridgehead atoms. The zero-order valence-corrected chi connectivity index (χ0v) is 10.8. The van der Waals surface area contributed by atoms with E-state index in [1.54, 1.807) is 48.5 Å². The number of para-hydroxylation sites is 1. The highest BCUT2D eigenvalue weighted by atomic mass is 19.4. The number of nitrogens with zero attached hydrogens (tertiary/aromatic N) is 1. The molecule has 0 N–H and O–H groups in total. The van der Waals surface area contributed by atoms with E-state index in [9.17, 15) is 13.2 Å². The lowest BCUT2D eigenvalue weighted by Crippen LogP contribution is -2.43. The van der Waals surface area contributed by atoms with Gasteiger partial charge in [0.15, 0.2) is 6.04 Å². The summed E-state index contributed by atoms with van der Waals surface area (Å²) >= 11 is 0. The van der Waals surface area contributed by atoms with E-state index >= 15 is 0 Å². The van der Waals surface area contributed by atoms with Crippen molar-refractivity contribution in [3.8, 4) is 0 Å². The highest BCUT2D eigenvalue weighted by molar-refractivity contribution is 5.52. The van der Waals surface area contributed by atoms with Gasteiger partial charge in [0.2, 0.25) is 0 Å². The first kappa shape index (κ1) is 13.0. The van der Waals surface area contributed by atoms with Crippen LogP contribution >= 0.6 is 0 Å². The SMILES string of the molecule is FC(F)(F)C1c2ccccc2CCN1c1ccccc1. The lowest BCUT2D eigenvalue weighted by atomic mass is 9.91. The van der Waals surface area contributed by atoms with Gasteiger partial charge in [0.25, 0.3) is 0 Å². The van der Waals surface area contributed by atoms with Crippen LogP contribution in [0.3, 0.4) is 0 Å². The number of hydrogen-bond acceptors (Lipinski definition) is 1. The molecule has 0 spiro atoms. The second-order valence-corrected chi connectivity index (χ2v) is 4.92. The molecule has 0 amide bonds. The minimum atomic E-state index is -4.29. The lowest BCUT2D eigenvalue weighted by Gasteiger charge is -2.39. The van der Waals surface area contributed by atoms with Crippen LogP contribution in [0, 0.1) is 0 Å². The summed E-state index contributed by atoms with van der Waals surface area (Å²) in [7, 11) is 0. The Balaban J connectivity index is 2.09. The molecule has 0 aromatic heterocycles.